The van der Waals surface area contributed by atoms with Gasteiger partial charge in [0, 0.05) is 10.9 Å². The highest BCUT2D eigenvalue weighted by molar-refractivity contribution is 7.10. The van der Waals surface area contributed by atoms with E-state index in [1.54, 1.807) is 18.2 Å². The van der Waals surface area contributed by atoms with Gasteiger partial charge in [-0.15, -0.1) is 11.3 Å². The number of nitrogens with zero attached hydrogens (tertiary/aromatic N) is 1. The molecule has 0 radical (unpaired) electrons. The Hall–Kier alpha value is -1.72. The van der Waals surface area contributed by atoms with E-state index in [0.29, 0.717) is 10.4 Å². The van der Waals surface area contributed by atoms with Crippen molar-refractivity contribution in [2.45, 2.75) is 13.0 Å². The van der Waals surface area contributed by atoms with E-state index in [1.165, 1.54) is 17.4 Å². The normalized spacial score (nSPS) is 12.4. The lowest BCUT2D eigenvalue weighted by atomic mass is 10.0. The smallest absolute Gasteiger partial charge is 0.275 e. The molecule has 0 unspecified atom stereocenters. The number of nitro benzene ring substituents is 1. The van der Waals surface area contributed by atoms with Crippen LogP contribution in [0.4, 0.5) is 5.69 Å². The van der Waals surface area contributed by atoms with Gasteiger partial charge in [0.1, 0.15) is 6.10 Å². The van der Waals surface area contributed by atoms with Gasteiger partial charge in [0.15, 0.2) is 0 Å². The van der Waals surface area contributed by atoms with Gasteiger partial charge in [-0.2, -0.15) is 0 Å². The first-order valence-electron chi connectivity index (χ1n) is 5.06. The van der Waals surface area contributed by atoms with Crippen molar-refractivity contribution < 1.29 is 10.0 Å². The van der Waals surface area contributed by atoms with Gasteiger partial charge in [0.05, 0.1) is 10.5 Å². The minimum Gasteiger partial charge on any atom is -0.383 e. The number of rotatable bonds is 3. The van der Waals surface area contributed by atoms with Crippen LogP contribution in [-0.2, 0) is 0 Å². The topological polar surface area (TPSA) is 63.4 Å². The molecule has 0 saturated carbocycles. The molecule has 0 aliphatic carbocycles. The Morgan fingerprint density at radius 2 is 2.18 bits per heavy atom. The number of nitro groups is 1. The molecule has 4 nitrogen and oxygen atoms in total. The molecule has 0 spiro atoms. The van der Waals surface area contributed by atoms with E-state index in [2.05, 4.69) is 0 Å². The Labute approximate surface area is 102 Å². The standard InChI is InChI=1S/C12H11NO3S/c1-8-4-5-10(13(15)16)9(7-8)12(14)11-3-2-6-17-11/h2-7,12,14H,1H3/t12-/m1/s1. The minimum absolute atomic E-state index is 0.0449. The van der Waals surface area contributed by atoms with Crippen LogP contribution in [0.3, 0.4) is 0 Å². The quantitative estimate of drug-likeness (QED) is 0.671. The number of aryl methyl sites for hydroxylation is 1. The molecule has 0 amide bonds. The molecule has 0 bridgehead atoms. The molecule has 0 aliphatic rings. The first-order chi connectivity index (χ1) is 8.09. The molecule has 0 saturated heterocycles. The van der Waals surface area contributed by atoms with Crippen LogP contribution >= 0.6 is 11.3 Å². The van der Waals surface area contributed by atoms with Crippen molar-refractivity contribution in [1.29, 1.82) is 0 Å². The summed E-state index contributed by atoms with van der Waals surface area (Å²) in [7, 11) is 0. The molecular weight excluding hydrogens is 238 g/mol. The van der Waals surface area contributed by atoms with Gasteiger partial charge in [0.2, 0.25) is 0 Å². The molecule has 0 aliphatic heterocycles. The van der Waals surface area contributed by atoms with E-state index in [-0.39, 0.29) is 5.69 Å². The summed E-state index contributed by atoms with van der Waals surface area (Å²) in [6.45, 7) is 1.84. The van der Waals surface area contributed by atoms with Crippen molar-refractivity contribution in [3.8, 4) is 0 Å². The zero-order chi connectivity index (χ0) is 12.4. The summed E-state index contributed by atoms with van der Waals surface area (Å²) in [6.07, 6.45) is -0.935. The summed E-state index contributed by atoms with van der Waals surface area (Å²) in [5, 5.41) is 22.9. The number of aliphatic hydroxyl groups excluding tert-OH is 1. The number of thiophene rings is 1. The average molecular weight is 249 g/mol. The van der Waals surface area contributed by atoms with E-state index in [4.69, 9.17) is 0 Å². The maximum atomic E-state index is 10.9. The molecule has 1 N–H and O–H groups in total. The predicted molar refractivity (Wildman–Crippen MR) is 66.2 cm³/mol. The zero-order valence-corrected chi connectivity index (χ0v) is 9.98. The van der Waals surface area contributed by atoms with E-state index in [1.807, 2.05) is 18.4 Å². The molecule has 1 heterocycles. The highest BCUT2D eigenvalue weighted by Gasteiger charge is 2.22. The molecule has 17 heavy (non-hydrogen) atoms. The highest BCUT2D eigenvalue weighted by atomic mass is 32.1. The lowest BCUT2D eigenvalue weighted by molar-refractivity contribution is -0.386. The second-order valence-electron chi connectivity index (χ2n) is 3.74. The fraction of sp³-hybridized carbons (Fsp3) is 0.167. The maximum Gasteiger partial charge on any atom is 0.275 e. The van der Waals surface area contributed by atoms with Crippen molar-refractivity contribution >= 4 is 17.0 Å². The van der Waals surface area contributed by atoms with Gasteiger partial charge in [-0.3, -0.25) is 10.1 Å². The molecule has 1 aromatic heterocycles. The first-order valence-corrected chi connectivity index (χ1v) is 5.94. The SMILES string of the molecule is Cc1ccc([N+](=O)[O-])c([C@@H](O)c2cccs2)c1. The van der Waals surface area contributed by atoms with Crippen molar-refractivity contribution in [2.75, 3.05) is 0 Å². The Kier molecular flexibility index (Phi) is 3.21. The zero-order valence-electron chi connectivity index (χ0n) is 9.16. The minimum atomic E-state index is -0.935. The van der Waals surface area contributed by atoms with Crippen molar-refractivity contribution in [3.63, 3.8) is 0 Å². The van der Waals surface area contributed by atoms with E-state index >= 15 is 0 Å². The van der Waals surface area contributed by atoms with E-state index in [9.17, 15) is 15.2 Å². The van der Waals surface area contributed by atoms with Crippen LogP contribution in [-0.4, -0.2) is 10.0 Å². The van der Waals surface area contributed by atoms with Crippen LogP contribution in [0.15, 0.2) is 35.7 Å². The van der Waals surface area contributed by atoms with Crippen LogP contribution in [0.2, 0.25) is 0 Å². The van der Waals surface area contributed by atoms with Crippen LogP contribution < -0.4 is 0 Å². The van der Waals surface area contributed by atoms with Crippen LogP contribution in [0.5, 0.6) is 0 Å². The van der Waals surface area contributed by atoms with Gasteiger partial charge in [0.25, 0.3) is 5.69 Å². The summed E-state index contributed by atoms with van der Waals surface area (Å²) in [5.74, 6) is 0. The summed E-state index contributed by atoms with van der Waals surface area (Å²) in [4.78, 5) is 11.1. The molecule has 88 valence electrons. The fourth-order valence-electron chi connectivity index (χ4n) is 1.66. The summed E-state index contributed by atoms with van der Waals surface area (Å²) in [6, 6.07) is 8.33. The first kappa shape index (κ1) is 11.8. The van der Waals surface area contributed by atoms with Crippen LogP contribution in [0.25, 0.3) is 0 Å². The Bertz CT molecular complexity index is 537. The van der Waals surface area contributed by atoms with Gasteiger partial charge in [-0.25, -0.2) is 0 Å². The second-order valence-corrected chi connectivity index (χ2v) is 4.72. The Balaban J connectivity index is 2.50. The third-order valence-electron chi connectivity index (χ3n) is 2.49. The lowest BCUT2D eigenvalue weighted by Crippen LogP contribution is -2.02. The van der Waals surface area contributed by atoms with Gasteiger partial charge >= 0.3 is 0 Å². The van der Waals surface area contributed by atoms with Crippen molar-refractivity contribution in [1.82, 2.24) is 0 Å². The Morgan fingerprint density at radius 1 is 1.41 bits per heavy atom. The monoisotopic (exact) mass is 249 g/mol. The molecule has 1 atom stereocenters. The number of hydrogen-bond donors (Lipinski definition) is 1. The van der Waals surface area contributed by atoms with Crippen molar-refractivity contribution in [3.05, 3.63) is 61.8 Å². The van der Waals surface area contributed by atoms with Gasteiger partial charge in [-0.05, 0) is 24.4 Å². The maximum absolute atomic E-state index is 10.9. The number of benzene rings is 1. The molecule has 2 rings (SSSR count). The summed E-state index contributed by atoms with van der Waals surface area (Å²) < 4.78 is 0. The molecule has 0 fully saturated rings. The van der Waals surface area contributed by atoms with Gasteiger partial charge in [-0.1, -0.05) is 17.7 Å². The summed E-state index contributed by atoms with van der Waals surface area (Å²) in [5.41, 5.74) is 1.19. The number of hydrogen-bond acceptors (Lipinski definition) is 4. The Morgan fingerprint density at radius 3 is 2.76 bits per heavy atom. The number of aliphatic hydroxyl groups is 1. The summed E-state index contributed by atoms with van der Waals surface area (Å²) >= 11 is 1.38. The van der Waals surface area contributed by atoms with Crippen LogP contribution in [0, 0.1) is 17.0 Å². The predicted octanol–water partition coefficient (Wildman–Crippen LogP) is 3.05. The third kappa shape index (κ3) is 2.35. The van der Waals surface area contributed by atoms with Crippen LogP contribution in [0.1, 0.15) is 22.1 Å². The highest BCUT2D eigenvalue weighted by Crippen LogP contribution is 2.32. The van der Waals surface area contributed by atoms with E-state index in [0.717, 1.165) is 5.56 Å². The molecule has 1 aromatic carbocycles. The molecular formula is C12H11NO3S. The van der Waals surface area contributed by atoms with Gasteiger partial charge < -0.3 is 5.11 Å². The molecule has 2 aromatic rings. The molecule has 5 heteroatoms. The lowest BCUT2D eigenvalue weighted by Gasteiger charge is -2.10. The third-order valence-corrected chi connectivity index (χ3v) is 3.41. The average Bonchev–Trinajstić information content (AvgIpc) is 2.80. The van der Waals surface area contributed by atoms with E-state index < -0.39 is 11.0 Å². The largest absolute Gasteiger partial charge is 0.383 e. The fourth-order valence-corrected chi connectivity index (χ4v) is 2.39. The van der Waals surface area contributed by atoms with Crippen molar-refractivity contribution in [2.24, 2.45) is 0 Å². The second kappa shape index (κ2) is 4.65.